The predicted molar refractivity (Wildman–Crippen MR) is 253 cm³/mol. The van der Waals surface area contributed by atoms with Crippen molar-refractivity contribution >= 4 is 0 Å². The number of allylic oxidation sites excluding steroid dienone is 3. The first-order valence-electron chi connectivity index (χ1n) is 26.5. The molecular weight excluding hydrogens is 723 g/mol. The number of rotatable bonds is 30. The van der Waals surface area contributed by atoms with Crippen LogP contribution >= 0.6 is 0 Å². The summed E-state index contributed by atoms with van der Waals surface area (Å²) in [5.74, 6) is 5.39. The van der Waals surface area contributed by atoms with E-state index in [4.69, 9.17) is 14.2 Å². The fraction of sp³-hybridized carbons (Fsp3) is 0.927. The molecule has 1 aliphatic heterocycles. The van der Waals surface area contributed by atoms with Crippen LogP contribution in [0.1, 0.15) is 222 Å². The van der Waals surface area contributed by atoms with E-state index in [1.54, 1.807) is 5.57 Å². The third-order valence-corrected chi connectivity index (χ3v) is 17.3. The molecule has 4 nitrogen and oxygen atoms in total. The SMILES string of the molecule is CCCCCCCCC=CCCCCCCCCOCC(CN1CCCC1C)OCCO[C@H]1CC[C@@]2(C)C(=CC[C@H]3[C@@H]4CC[C@H]([C@H](C)CCCC(C)C)[C@@]4(C)CC[C@@H]32)C1. The van der Waals surface area contributed by atoms with E-state index in [1.165, 1.54) is 173 Å². The van der Waals surface area contributed by atoms with Crippen LogP contribution in [-0.4, -0.2) is 62.7 Å². The van der Waals surface area contributed by atoms with Crippen LogP contribution in [0.15, 0.2) is 23.8 Å². The number of fused-ring (bicyclic) bond motifs is 5. The Balaban J connectivity index is 0.958. The van der Waals surface area contributed by atoms with E-state index in [0.717, 1.165) is 55.1 Å². The van der Waals surface area contributed by atoms with Crippen LogP contribution in [-0.2, 0) is 14.2 Å². The Morgan fingerprint density at radius 2 is 1.49 bits per heavy atom. The second-order valence-corrected chi connectivity index (χ2v) is 22.0. The van der Waals surface area contributed by atoms with E-state index in [0.29, 0.717) is 42.8 Å². The molecule has 4 fully saturated rings. The van der Waals surface area contributed by atoms with E-state index < -0.39 is 0 Å². The summed E-state index contributed by atoms with van der Waals surface area (Å²) in [6.45, 7) is 22.6. The molecule has 0 N–H and O–H groups in total. The van der Waals surface area contributed by atoms with Crippen LogP contribution in [0.4, 0.5) is 0 Å². The van der Waals surface area contributed by atoms with Gasteiger partial charge in [0, 0.05) is 19.2 Å². The van der Waals surface area contributed by atoms with Gasteiger partial charge in [0.15, 0.2) is 0 Å². The van der Waals surface area contributed by atoms with Crippen LogP contribution < -0.4 is 0 Å². The van der Waals surface area contributed by atoms with Crippen molar-refractivity contribution in [1.29, 1.82) is 0 Å². The highest BCUT2D eigenvalue weighted by Crippen LogP contribution is 2.67. The molecule has 4 heteroatoms. The van der Waals surface area contributed by atoms with Gasteiger partial charge in [-0.05, 0) is 156 Å². The molecule has 5 aliphatic rings. The Bertz CT molecular complexity index is 1200. The zero-order chi connectivity index (χ0) is 41.9. The third kappa shape index (κ3) is 15.0. The van der Waals surface area contributed by atoms with Crippen molar-refractivity contribution in [2.75, 3.05) is 39.5 Å². The molecule has 0 aromatic carbocycles. The maximum absolute atomic E-state index is 6.64. The Hall–Kier alpha value is -0.680. The highest BCUT2D eigenvalue weighted by atomic mass is 16.6. The van der Waals surface area contributed by atoms with Gasteiger partial charge in [-0.3, -0.25) is 4.90 Å². The maximum atomic E-state index is 6.64. The first-order chi connectivity index (χ1) is 28.7. The largest absolute Gasteiger partial charge is 0.379 e. The minimum Gasteiger partial charge on any atom is -0.379 e. The molecule has 0 aromatic heterocycles. The standard InChI is InChI=1S/C55H99NO3/c1-8-9-10-11-12-13-14-15-16-17-18-19-20-21-22-23-38-57-43-49(42-56-37-25-28-46(56)5)59-40-39-58-48-33-35-54(6)47(41-48)29-30-50-52-32-31-51(45(4)27-24-26-44(2)3)55(52,7)36-34-53(50)54/h15-16,29,44-46,48-53H,8-14,17-28,30-43H2,1-7H3/t45-,46?,48+,49?,50+,51-,52+,53+,54+,55-/m1/s1. The highest BCUT2D eigenvalue weighted by Gasteiger charge is 2.59. The molecule has 0 amide bonds. The minimum atomic E-state index is 0.135. The van der Waals surface area contributed by atoms with Crippen molar-refractivity contribution in [2.24, 2.45) is 46.3 Å². The van der Waals surface area contributed by atoms with Crippen molar-refractivity contribution in [2.45, 2.75) is 240 Å². The molecule has 0 spiro atoms. The van der Waals surface area contributed by atoms with Crippen LogP contribution in [0.5, 0.6) is 0 Å². The molecule has 10 atom stereocenters. The van der Waals surface area contributed by atoms with Gasteiger partial charge in [0.25, 0.3) is 0 Å². The van der Waals surface area contributed by atoms with Crippen molar-refractivity contribution in [3.05, 3.63) is 23.8 Å². The van der Waals surface area contributed by atoms with Crippen molar-refractivity contribution in [3.63, 3.8) is 0 Å². The molecule has 1 saturated heterocycles. The summed E-state index contributed by atoms with van der Waals surface area (Å²) in [6.07, 6.45) is 44.7. The Labute approximate surface area is 367 Å². The molecule has 0 radical (unpaired) electrons. The average molecular weight is 822 g/mol. The highest BCUT2D eigenvalue weighted by molar-refractivity contribution is 5.25. The van der Waals surface area contributed by atoms with E-state index in [2.05, 4.69) is 71.6 Å². The van der Waals surface area contributed by atoms with Crippen LogP contribution in [0.25, 0.3) is 0 Å². The minimum absolute atomic E-state index is 0.135. The van der Waals surface area contributed by atoms with Crippen LogP contribution in [0.3, 0.4) is 0 Å². The van der Waals surface area contributed by atoms with E-state index >= 15 is 0 Å². The molecule has 0 aromatic rings. The lowest BCUT2D eigenvalue weighted by atomic mass is 9.47. The van der Waals surface area contributed by atoms with E-state index in [-0.39, 0.29) is 6.10 Å². The predicted octanol–water partition coefficient (Wildman–Crippen LogP) is 15.3. The first-order valence-corrected chi connectivity index (χ1v) is 26.5. The van der Waals surface area contributed by atoms with Crippen LogP contribution in [0, 0.1) is 46.3 Å². The summed E-state index contributed by atoms with van der Waals surface area (Å²) in [4.78, 5) is 2.62. The molecule has 5 rings (SSSR count). The summed E-state index contributed by atoms with van der Waals surface area (Å²) in [7, 11) is 0. The molecule has 1 heterocycles. The van der Waals surface area contributed by atoms with Gasteiger partial charge >= 0.3 is 0 Å². The maximum Gasteiger partial charge on any atom is 0.0936 e. The molecule has 4 aliphatic carbocycles. The fourth-order valence-corrected chi connectivity index (χ4v) is 13.6. The first kappa shape index (κ1) is 49.3. The molecule has 3 saturated carbocycles. The molecule has 59 heavy (non-hydrogen) atoms. The lowest BCUT2D eigenvalue weighted by molar-refractivity contribution is -0.0801. The average Bonchev–Trinajstić information content (AvgIpc) is 3.80. The summed E-state index contributed by atoms with van der Waals surface area (Å²) in [5.41, 5.74) is 2.71. The molecule has 0 bridgehead atoms. The Morgan fingerprint density at radius 3 is 2.20 bits per heavy atom. The zero-order valence-corrected chi connectivity index (χ0v) is 40.4. The van der Waals surface area contributed by atoms with Gasteiger partial charge in [0.2, 0.25) is 0 Å². The molecular formula is C55H99NO3. The number of hydrogen-bond donors (Lipinski definition) is 0. The lowest BCUT2D eigenvalue weighted by Crippen LogP contribution is -2.51. The van der Waals surface area contributed by atoms with Crippen molar-refractivity contribution in [3.8, 4) is 0 Å². The topological polar surface area (TPSA) is 30.9 Å². The second kappa shape index (κ2) is 26.2. The van der Waals surface area contributed by atoms with Crippen molar-refractivity contribution in [1.82, 2.24) is 4.90 Å². The molecule has 2 unspecified atom stereocenters. The summed E-state index contributed by atoms with van der Waals surface area (Å²) >= 11 is 0. The number of ether oxygens (including phenoxy) is 3. The smallest absolute Gasteiger partial charge is 0.0936 e. The summed E-state index contributed by atoms with van der Waals surface area (Å²) < 4.78 is 19.5. The van der Waals surface area contributed by atoms with Gasteiger partial charge in [0.1, 0.15) is 0 Å². The monoisotopic (exact) mass is 822 g/mol. The van der Waals surface area contributed by atoms with Gasteiger partial charge in [-0.15, -0.1) is 0 Å². The van der Waals surface area contributed by atoms with Gasteiger partial charge in [-0.25, -0.2) is 0 Å². The summed E-state index contributed by atoms with van der Waals surface area (Å²) in [6, 6.07) is 0.657. The number of unbranched alkanes of at least 4 members (excludes halogenated alkanes) is 12. The number of likely N-dealkylation sites (tertiary alicyclic amines) is 1. The normalized spacial score (nSPS) is 32.0. The molecule has 342 valence electrons. The van der Waals surface area contributed by atoms with Gasteiger partial charge in [-0.2, -0.15) is 0 Å². The Morgan fingerprint density at radius 1 is 0.763 bits per heavy atom. The number of hydrogen-bond acceptors (Lipinski definition) is 4. The van der Waals surface area contributed by atoms with E-state index in [9.17, 15) is 0 Å². The van der Waals surface area contributed by atoms with Crippen LogP contribution in [0.2, 0.25) is 0 Å². The van der Waals surface area contributed by atoms with Gasteiger partial charge in [0.05, 0.1) is 32.0 Å². The third-order valence-electron chi connectivity index (χ3n) is 17.3. The number of nitrogens with zero attached hydrogens (tertiary/aromatic N) is 1. The second-order valence-electron chi connectivity index (χ2n) is 22.0. The van der Waals surface area contributed by atoms with Gasteiger partial charge in [-0.1, -0.05) is 142 Å². The van der Waals surface area contributed by atoms with Crippen molar-refractivity contribution < 1.29 is 14.2 Å². The van der Waals surface area contributed by atoms with Gasteiger partial charge < -0.3 is 14.2 Å². The zero-order valence-electron chi connectivity index (χ0n) is 40.4. The summed E-state index contributed by atoms with van der Waals surface area (Å²) in [5, 5.41) is 0. The lowest BCUT2D eigenvalue weighted by Gasteiger charge is -2.58. The quantitative estimate of drug-likeness (QED) is 0.0533. The van der Waals surface area contributed by atoms with E-state index in [1.807, 2.05) is 0 Å². The Kier molecular flexibility index (Phi) is 21.9. The fourth-order valence-electron chi connectivity index (χ4n) is 13.6.